The standard InChI is InChI=1S/C5H11NO3S/c1-5(2-3-5)4-9-10(6,7)8/h2-4H2,1H3,(H2,6,7,8). The van der Waals surface area contributed by atoms with Crippen LogP contribution in [0, 0.1) is 5.41 Å². The molecular weight excluding hydrogens is 154 g/mol. The van der Waals surface area contributed by atoms with Crippen LogP contribution in [0.15, 0.2) is 0 Å². The van der Waals surface area contributed by atoms with Crippen molar-refractivity contribution in [3.05, 3.63) is 0 Å². The lowest BCUT2D eigenvalue weighted by Crippen LogP contribution is -2.19. The van der Waals surface area contributed by atoms with Gasteiger partial charge < -0.3 is 0 Å². The zero-order valence-electron chi connectivity index (χ0n) is 5.83. The maximum absolute atomic E-state index is 10.3. The lowest BCUT2D eigenvalue weighted by Gasteiger charge is -2.05. The molecule has 0 spiro atoms. The monoisotopic (exact) mass is 165 g/mol. The van der Waals surface area contributed by atoms with Crippen molar-refractivity contribution in [1.29, 1.82) is 0 Å². The Morgan fingerprint density at radius 1 is 1.60 bits per heavy atom. The van der Waals surface area contributed by atoms with E-state index in [1.165, 1.54) is 0 Å². The van der Waals surface area contributed by atoms with Gasteiger partial charge in [0.15, 0.2) is 0 Å². The second kappa shape index (κ2) is 2.18. The van der Waals surface area contributed by atoms with E-state index in [0.29, 0.717) is 0 Å². The van der Waals surface area contributed by atoms with Crippen LogP contribution in [0.25, 0.3) is 0 Å². The molecular formula is C5H11NO3S. The first-order valence-corrected chi connectivity index (χ1v) is 4.56. The van der Waals surface area contributed by atoms with Crippen LogP contribution in [-0.2, 0) is 14.5 Å². The Balaban J connectivity index is 2.30. The van der Waals surface area contributed by atoms with Gasteiger partial charge in [-0.25, -0.2) is 5.14 Å². The Labute approximate surface area is 60.6 Å². The summed E-state index contributed by atoms with van der Waals surface area (Å²) in [5.41, 5.74) is 0.0758. The average molecular weight is 165 g/mol. The van der Waals surface area contributed by atoms with Crippen molar-refractivity contribution in [2.24, 2.45) is 10.6 Å². The summed E-state index contributed by atoms with van der Waals surface area (Å²) in [4.78, 5) is 0. The SMILES string of the molecule is CC1(COS(N)(=O)=O)CC1. The molecule has 10 heavy (non-hydrogen) atoms. The van der Waals surface area contributed by atoms with E-state index in [9.17, 15) is 8.42 Å². The van der Waals surface area contributed by atoms with Crippen molar-refractivity contribution in [1.82, 2.24) is 0 Å². The van der Waals surface area contributed by atoms with Crippen LogP contribution in [-0.4, -0.2) is 15.0 Å². The fourth-order valence-electron chi connectivity index (χ4n) is 0.582. The largest absolute Gasteiger partial charge is 0.333 e. The van der Waals surface area contributed by atoms with Crippen molar-refractivity contribution < 1.29 is 12.6 Å². The van der Waals surface area contributed by atoms with Crippen LogP contribution in [0.1, 0.15) is 19.8 Å². The first-order valence-electron chi connectivity index (χ1n) is 3.09. The first kappa shape index (κ1) is 7.97. The van der Waals surface area contributed by atoms with Gasteiger partial charge in [-0.05, 0) is 18.3 Å². The van der Waals surface area contributed by atoms with Gasteiger partial charge in [-0.3, -0.25) is 4.18 Å². The van der Waals surface area contributed by atoms with Gasteiger partial charge in [0, 0.05) is 0 Å². The van der Waals surface area contributed by atoms with E-state index >= 15 is 0 Å². The summed E-state index contributed by atoms with van der Waals surface area (Å²) in [6, 6.07) is 0. The van der Waals surface area contributed by atoms with Gasteiger partial charge in [-0.2, -0.15) is 8.42 Å². The maximum Gasteiger partial charge on any atom is 0.333 e. The number of hydrogen-bond acceptors (Lipinski definition) is 3. The van der Waals surface area contributed by atoms with Crippen molar-refractivity contribution >= 4 is 10.3 Å². The maximum atomic E-state index is 10.3. The van der Waals surface area contributed by atoms with Crippen molar-refractivity contribution in [3.8, 4) is 0 Å². The van der Waals surface area contributed by atoms with Gasteiger partial charge in [0.1, 0.15) is 0 Å². The van der Waals surface area contributed by atoms with E-state index in [2.05, 4.69) is 9.32 Å². The predicted octanol–water partition coefficient (Wildman–Crippen LogP) is 0.00660. The van der Waals surface area contributed by atoms with E-state index in [1.807, 2.05) is 6.92 Å². The molecule has 1 fully saturated rings. The van der Waals surface area contributed by atoms with Crippen LogP contribution in [0.5, 0.6) is 0 Å². The average Bonchev–Trinajstić information content (AvgIpc) is 2.43. The molecule has 1 saturated carbocycles. The van der Waals surface area contributed by atoms with Gasteiger partial charge >= 0.3 is 10.3 Å². The Morgan fingerprint density at radius 3 is 2.40 bits per heavy atom. The molecule has 0 bridgehead atoms. The van der Waals surface area contributed by atoms with E-state index < -0.39 is 10.3 Å². The lowest BCUT2D eigenvalue weighted by atomic mass is 10.2. The molecule has 0 amide bonds. The van der Waals surface area contributed by atoms with E-state index in [1.54, 1.807) is 0 Å². The molecule has 60 valence electrons. The topological polar surface area (TPSA) is 69.4 Å². The second-order valence-electron chi connectivity index (χ2n) is 3.07. The molecule has 0 aliphatic heterocycles. The Bertz CT molecular complexity index is 217. The molecule has 0 saturated heterocycles. The van der Waals surface area contributed by atoms with Crippen molar-refractivity contribution in [2.45, 2.75) is 19.8 Å². The van der Waals surface area contributed by atoms with E-state index in [4.69, 9.17) is 0 Å². The van der Waals surface area contributed by atoms with Crippen LogP contribution < -0.4 is 5.14 Å². The minimum Gasteiger partial charge on any atom is -0.258 e. The summed E-state index contributed by atoms with van der Waals surface area (Å²) in [6.45, 7) is 2.20. The lowest BCUT2D eigenvalue weighted by molar-refractivity contribution is 0.253. The fourth-order valence-corrected chi connectivity index (χ4v) is 1.03. The third-order valence-corrected chi connectivity index (χ3v) is 2.12. The molecule has 0 aromatic carbocycles. The van der Waals surface area contributed by atoms with Gasteiger partial charge in [-0.1, -0.05) is 6.92 Å². The Morgan fingerprint density at radius 2 is 2.10 bits per heavy atom. The summed E-state index contributed by atoms with van der Waals surface area (Å²) in [5, 5.41) is 4.62. The van der Waals surface area contributed by atoms with Gasteiger partial charge in [0.05, 0.1) is 6.61 Å². The molecule has 4 nitrogen and oxygen atoms in total. The molecule has 0 atom stereocenters. The smallest absolute Gasteiger partial charge is 0.258 e. The Hall–Kier alpha value is -0.130. The minimum atomic E-state index is -3.72. The second-order valence-corrected chi connectivity index (χ2v) is 4.29. The van der Waals surface area contributed by atoms with Gasteiger partial charge in [0.25, 0.3) is 0 Å². The molecule has 5 heteroatoms. The third kappa shape index (κ3) is 2.64. The van der Waals surface area contributed by atoms with Gasteiger partial charge in [-0.15, -0.1) is 0 Å². The van der Waals surface area contributed by atoms with Crippen LogP contribution in [0.4, 0.5) is 0 Å². The fraction of sp³-hybridized carbons (Fsp3) is 1.00. The van der Waals surface area contributed by atoms with Crippen molar-refractivity contribution in [3.63, 3.8) is 0 Å². The number of nitrogens with two attached hydrogens (primary N) is 1. The quantitative estimate of drug-likeness (QED) is 0.640. The van der Waals surface area contributed by atoms with Crippen LogP contribution in [0.3, 0.4) is 0 Å². The summed E-state index contributed by atoms with van der Waals surface area (Å²) in [5.74, 6) is 0. The number of rotatable bonds is 3. The van der Waals surface area contributed by atoms with E-state index in [-0.39, 0.29) is 12.0 Å². The molecule has 0 aromatic rings. The highest BCUT2D eigenvalue weighted by molar-refractivity contribution is 7.84. The summed E-state index contributed by atoms with van der Waals surface area (Å²) in [7, 11) is -3.72. The minimum absolute atomic E-state index is 0.0758. The number of hydrogen-bond donors (Lipinski definition) is 1. The van der Waals surface area contributed by atoms with E-state index in [0.717, 1.165) is 12.8 Å². The zero-order valence-corrected chi connectivity index (χ0v) is 6.65. The molecule has 1 rings (SSSR count). The van der Waals surface area contributed by atoms with Crippen LogP contribution >= 0.6 is 0 Å². The molecule has 0 aromatic heterocycles. The summed E-state index contributed by atoms with van der Waals surface area (Å²) in [6.07, 6.45) is 2.06. The highest BCUT2D eigenvalue weighted by atomic mass is 32.2. The van der Waals surface area contributed by atoms with Crippen LogP contribution in [0.2, 0.25) is 0 Å². The normalized spacial score (nSPS) is 22.6. The molecule has 0 heterocycles. The Kier molecular flexibility index (Phi) is 1.74. The van der Waals surface area contributed by atoms with Gasteiger partial charge in [0.2, 0.25) is 0 Å². The molecule has 1 aliphatic rings. The highest BCUT2D eigenvalue weighted by Gasteiger charge is 2.38. The zero-order chi connectivity index (χ0) is 7.83. The van der Waals surface area contributed by atoms with Crippen molar-refractivity contribution in [2.75, 3.05) is 6.61 Å². The predicted molar refractivity (Wildman–Crippen MR) is 36.4 cm³/mol. The molecule has 0 unspecified atom stereocenters. The summed E-state index contributed by atoms with van der Waals surface area (Å²) >= 11 is 0. The summed E-state index contributed by atoms with van der Waals surface area (Å²) < 4.78 is 24.9. The molecule has 2 N–H and O–H groups in total. The first-order chi connectivity index (χ1) is 4.41. The molecule has 0 radical (unpaired) electrons. The third-order valence-electron chi connectivity index (χ3n) is 1.68. The highest BCUT2D eigenvalue weighted by Crippen LogP contribution is 2.45. The molecule has 1 aliphatic carbocycles.